The van der Waals surface area contributed by atoms with E-state index in [1.54, 1.807) is 6.07 Å². The molecule has 2 rings (SSSR count). The fourth-order valence-electron chi connectivity index (χ4n) is 1.12. The zero-order valence-electron chi connectivity index (χ0n) is 5.87. The third kappa shape index (κ3) is 1.19. The van der Waals surface area contributed by atoms with Gasteiger partial charge in [0.25, 0.3) is 0 Å². The van der Waals surface area contributed by atoms with Gasteiger partial charge < -0.3 is 4.98 Å². The van der Waals surface area contributed by atoms with Crippen molar-refractivity contribution < 1.29 is 4.39 Å². The molecule has 0 amide bonds. The maximum atomic E-state index is 13.0. The first kappa shape index (κ1) is 8.26. The molecule has 0 atom stereocenters. The van der Waals surface area contributed by atoms with Crippen LogP contribution in [0.3, 0.4) is 0 Å². The average Bonchev–Trinajstić information content (AvgIpc) is 2.33. The van der Waals surface area contributed by atoms with Crippen LogP contribution in [-0.2, 0) is 0 Å². The Labute approximate surface area is 85.2 Å². The number of aromatic nitrogens is 1. The van der Waals surface area contributed by atoms with E-state index in [9.17, 15) is 4.39 Å². The molecule has 12 heavy (non-hydrogen) atoms. The summed E-state index contributed by atoms with van der Waals surface area (Å²) in [5, 5.41) is 0.594. The Morgan fingerprint density at radius 3 is 2.75 bits per heavy atom. The predicted molar refractivity (Wildman–Crippen MR) is 53.7 cm³/mol. The molecular formula is C8H4Br2FN. The first-order valence-electron chi connectivity index (χ1n) is 3.30. The quantitative estimate of drug-likeness (QED) is 0.759. The second-order valence-electron chi connectivity index (χ2n) is 2.45. The van der Waals surface area contributed by atoms with Crippen LogP contribution in [0.15, 0.2) is 27.3 Å². The lowest BCUT2D eigenvalue weighted by molar-refractivity contribution is 0.639. The SMILES string of the molecule is Fc1c[nH]c2c(Br)cc(Br)cc12. The van der Waals surface area contributed by atoms with Crippen LogP contribution in [0.5, 0.6) is 0 Å². The summed E-state index contributed by atoms with van der Waals surface area (Å²) in [6.45, 7) is 0. The van der Waals surface area contributed by atoms with Gasteiger partial charge in [0.1, 0.15) is 5.82 Å². The Morgan fingerprint density at radius 1 is 1.25 bits per heavy atom. The fraction of sp³-hybridized carbons (Fsp3) is 0. The smallest absolute Gasteiger partial charge is 0.148 e. The third-order valence-electron chi connectivity index (χ3n) is 1.66. The second-order valence-corrected chi connectivity index (χ2v) is 4.22. The summed E-state index contributed by atoms with van der Waals surface area (Å²) < 4.78 is 14.8. The van der Waals surface area contributed by atoms with Gasteiger partial charge in [-0.2, -0.15) is 0 Å². The van der Waals surface area contributed by atoms with Gasteiger partial charge in [-0.25, -0.2) is 4.39 Å². The van der Waals surface area contributed by atoms with Gasteiger partial charge in [0.2, 0.25) is 0 Å². The summed E-state index contributed by atoms with van der Waals surface area (Å²) in [6, 6.07) is 3.62. The van der Waals surface area contributed by atoms with Crippen molar-refractivity contribution in [3.8, 4) is 0 Å². The number of H-pyrrole nitrogens is 1. The molecule has 0 aliphatic heterocycles. The second kappa shape index (κ2) is 2.85. The predicted octanol–water partition coefficient (Wildman–Crippen LogP) is 3.83. The Hall–Kier alpha value is -0.350. The molecule has 0 unspecified atom stereocenters. The monoisotopic (exact) mass is 291 g/mol. The topological polar surface area (TPSA) is 15.8 Å². The zero-order valence-corrected chi connectivity index (χ0v) is 9.04. The van der Waals surface area contributed by atoms with E-state index >= 15 is 0 Å². The summed E-state index contributed by atoms with van der Waals surface area (Å²) in [5.41, 5.74) is 0.788. The highest BCUT2D eigenvalue weighted by molar-refractivity contribution is 9.11. The molecule has 0 spiro atoms. The summed E-state index contributed by atoms with van der Waals surface area (Å²) in [5.74, 6) is -0.230. The van der Waals surface area contributed by atoms with Crippen molar-refractivity contribution in [2.75, 3.05) is 0 Å². The van der Waals surface area contributed by atoms with Crippen molar-refractivity contribution in [3.05, 3.63) is 33.1 Å². The Morgan fingerprint density at radius 2 is 2.00 bits per heavy atom. The number of hydrogen-bond acceptors (Lipinski definition) is 0. The van der Waals surface area contributed by atoms with Crippen molar-refractivity contribution in [1.82, 2.24) is 4.98 Å². The summed E-state index contributed by atoms with van der Waals surface area (Å²) in [6.07, 6.45) is 1.35. The first-order valence-corrected chi connectivity index (χ1v) is 4.88. The number of aromatic amines is 1. The van der Waals surface area contributed by atoms with Crippen LogP contribution in [0, 0.1) is 5.82 Å². The number of rotatable bonds is 0. The van der Waals surface area contributed by atoms with E-state index in [0.717, 1.165) is 14.5 Å². The molecule has 4 heteroatoms. The van der Waals surface area contributed by atoms with E-state index in [1.165, 1.54) is 6.20 Å². The van der Waals surface area contributed by atoms with Crippen LogP contribution in [0.25, 0.3) is 10.9 Å². The molecule has 0 saturated carbocycles. The molecule has 1 nitrogen and oxygen atoms in total. The van der Waals surface area contributed by atoms with Gasteiger partial charge in [-0.05, 0) is 28.1 Å². The van der Waals surface area contributed by atoms with Crippen LogP contribution in [0.2, 0.25) is 0 Å². The maximum absolute atomic E-state index is 13.0. The molecule has 0 aliphatic carbocycles. The largest absolute Gasteiger partial charge is 0.358 e. The minimum atomic E-state index is -0.230. The number of hydrogen-bond donors (Lipinski definition) is 1. The minimum absolute atomic E-state index is 0.230. The van der Waals surface area contributed by atoms with Gasteiger partial charge >= 0.3 is 0 Å². The van der Waals surface area contributed by atoms with Crippen LogP contribution < -0.4 is 0 Å². The van der Waals surface area contributed by atoms with Crippen LogP contribution in [0.4, 0.5) is 4.39 Å². The van der Waals surface area contributed by atoms with Crippen molar-refractivity contribution in [2.45, 2.75) is 0 Å². The highest BCUT2D eigenvalue weighted by atomic mass is 79.9. The number of nitrogens with one attached hydrogen (secondary N) is 1. The molecule has 0 bridgehead atoms. The summed E-state index contributed by atoms with van der Waals surface area (Å²) in [4.78, 5) is 2.84. The van der Waals surface area contributed by atoms with Crippen molar-refractivity contribution in [1.29, 1.82) is 0 Å². The maximum Gasteiger partial charge on any atom is 0.148 e. The van der Waals surface area contributed by atoms with E-state index in [2.05, 4.69) is 36.8 Å². The van der Waals surface area contributed by atoms with Gasteiger partial charge in [0.15, 0.2) is 0 Å². The molecule has 1 heterocycles. The standard InChI is InChI=1S/C8H4Br2FN/c9-4-1-5-7(11)3-12-8(5)6(10)2-4/h1-3,12H. The van der Waals surface area contributed by atoms with E-state index in [1.807, 2.05) is 6.07 Å². The number of fused-ring (bicyclic) bond motifs is 1. The molecule has 62 valence electrons. The van der Waals surface area contributed by atoms with Crippen molar-refractivity contribution in [2.24, 2.45) is 0 Å². The minimum Gasteiger partial charge on any atom is -0.358 e. The van der Waals surface area contributed by atoms with E-state index in [4.69, 9.17) is 0 Å². The van der Waals surface area contributed by atoms with E-state index < -0.39 is 0 Å². The Balaban J connectivity index is 2.92. The van der Waals surface area contributed by atoms with Crippen LogP contribution >= 0.6 is 31.9 Å². The number of benzene rings is 1. The summed E-state index contributed by atoms with van der Waals surface area (Å²) in [7, 11) is 0. The average molecular weight is 293 g/mol. The van der Waals surface area contributed by atoms with Gasteiger partial charge in [-0.15, -0.1) is 0 Å². The third-order valence-corrected chi connectivity index (χ3v) is 2.74. The van der Waals surface area contributed by atoms with Gasteiger partial charge in [-0.1, -0.05) is 15.9 Å². The zero-order chi connectivity index (χ0) is 8.72. The molecular weight excluding hydrogens is 289 g/mol. The molecule has 0 saturated heterocycles. The fourth-order valence-corrected chi connectivity index (χ4v) is 2.46. The van der Waals surface area contributed by atoms with Gasteiger partial charge in [0.05, 0.1) is 5.52 Å². The van der Waals surface area contributed by atoms with E-state index in [-0.39, 0.29) is 5.82 Å². The highest BCUT2D eigenvalue weighted by Gasteiger charge is 2.06. The van der Waals surface area contributed by atoms with Gasteiger partial charge in [-0.3, -0.25) is 0 Å². The van der Waals surface area contributed by atoms with E-state index in [0.29, 0.717) is 5.39 Å². The first-order chi connectivity index (χ1) is 5.68. The normalized spacial score (nSPS) is 10.9. The molecule has 1 N–H and O–H groups in total. The Kier molecular flexibility index (Phi) is 1.96. The molecule has 2 aromatic rings. The number of halogens is 3. The summed E-state index contributed by atoms with van der Waals surface area (Å²) >= 11 is 6.62. The molecule has 0 radical (unpaired) electrons. The lowest BCUT2D eigenvalue weighted by atomic mass is 10.2. The molecule has 0 aliphatic rings. The van der Waals surface area contributed by atoms with Crippen LogP contribution in [0.1, 0.15) is 0 Å². The van der Waals surface area contributed by atoms with Crippen LogP contribution in [-0.4, -0.2) is 4.98 Å². The van der Waals surface area contributed by atoms with Crippen molar-refractivity contribution in [3.63, 3.8) is 0 Å². The Bertz CT molecular complexity index is 436. The molecule has 1 aromatic heterocycles. The lowest BCUT2D eigenvalue weighted by Crippen LogP contribution is -1.73. The molecule has 0 fully saturated rings. The van der Waals surface area contributed by atoms with Crippen molar-refractivity contribution >= 4 is 42.8 Å². The highest BCUT2D eigenvalue weighted by Crippen LogP contribution is 2.28. The molecule has 1 aromatic carbocycles. The van der Waals surface area contributed by atoms with Gasteiger partial charge in [0, 0.05) is 20.5 Å². The lowest BCUT2D eigenvalue weighted by Gasteiger charge is -1.95.